The average Bonchev–Trinajstić information content (AvgIpc) is 3.31. The Morgan fingerprint density at radius 1 is 1.29 bits per heavy atom. The molecule has 0 aliphatic heterocycles. The van der Waals surface area contributed by atoms with Crippen LogP contribution in [-0.2, 0) is 12.7 Å². The quantitative estimate of drug-likeness (QED) is 0.499. The molecular weight excluding hydrogens is 433 g/mol. The van der Waals surface area contributed by atoms with Gasteiger partial charge in [0.15, 0.2) is 17.1 Å². The molecule has 1 saturated carbocycles. The number of aryl methyl sites for hydroxylation is 2. The second-order valence-electron chi connectivity index (χ2n) is 7.59. The SMILES string of the molecule is Cc1ccc(-c2cc(C(=O)NCCCn3nc(C(F)(F)F)c(Cl)c3C3CC3)no2)cc1. The molecule has 0 saturated heterocycles. The van der Waals surface area contributed by atoms with Gasteiger partial charge in [0.05, 0.1) is 10.7 Å². The molecule has 1 aliphatic rings. The number of benzene rings is 1. The lowest BCUT2D eigenvalue weighted by Crippen LogP contribution is -2.25. The minimum absolute atomic E-state index is 0.0148. The Morgan fingerprint density at radius 2 is 2.00 bits per heavy atom. The Balaban J connectivity index is 1.34. The summed E-state index contributed by atoms with van der Waals surface area (Å²) in [5.74, 6) is 0.0742. The van der Waals surface area contributed by atoms with Crippen molar-refractivity contribution in [2.24, 2.45) is 0 Å². The highest BCUT2D eigenvalue weighted by Crippen LogP contribution is 2.46. The molecule has 1 N–H and O–H groups in total. The summed E-state index contributed by atoms with van der Waals surface area (Å²) in [6.45, 7) is 2.43. The van der Waals surface area contributed by atoms with E-state index < -0.39 is 17.8 Å². The van der Waals surface area contributed by atoms with Crippen molar-refractivity contribution < 1.29 is 22.5 Å². The van der Waals surface area contributed by atoms with Crippen LogP contribution in [0.5, 0.6) is 0 Å². The van der Waals surface area contributed by atoms with Crippen LogP contribution < -0.4 is 5.32 Å². The number of amides is 1. The number of nitrogens with zero attached hydrogens (tertiary/aromatic N) is 3. The van der Waals surface area contributed by atoms with Crippen LogP contribution >= 0.6 is 11.6 Å². The topological polar surface area (TPSA) is 73.0 Å². The fourth-order valence-electron chi connectivity index (χ4n) is 3.31. The van der Waals surface area contributed by atoms with Crippen molar-refractivity contribution in [1.82, 2.24) is 20.3 Å². The van der Waals surface area contributed by atoms with Crippen LogP contribution in [0.1, 0.15) is 52.6 Å². The van der Waals surface area contributed by atoms with Crippen molar-refractivity contribution in [2.75, 3.05) is 6.54 Å². The van der Waals surface area contributed by atoms with E-state index in [2.05, 4.69) is 15.6 Å². The minimum atomic E-state index is -4.59. The van der Waals surface area contributed by atoms with Gasteiger partial charge < -0.3 is 9.84 Å². The summed E-state index contributed by atoms with van der Waals surface area (Å²) in [6.07, 6.45) is -2.60. The molecule has 3 aromatic rings. The number of hydrogen-bond acceptors (Lipinski definition) is 4. The number of hydrogen-bond donors (Lipinski definition) is 1. The van der Waals surface area contributed by atoms with Crippen LogP contribution in [-0.4, -0.2) is 27.4 Å². The Kier molecular flexibility index (Phi) is 5.79. The number of aromatic nitrogens is 3. The van der Waals surface area contributed by atoms with E-state index in [9.17, 15) is 18.0 Å². The number of carbonyl (C=O) groups excluding carboxylic acids is 1. The van der Waals surface area contributed by atoms with Gasteiger partial charge in [0.1, 0.15) is 0 Å². The Bertz CT molecular complexity index is 1090. The van der Waals surface area contributed by atoms with Gasteiger partial charge >= 0.3 is 6.18 Å². The molecule has 6 nitrogen and oxygen atoms in total. The Morgan fingerprint density at radius 3 is 2.65 bits per heavy atom. The fraction of sp³-hybridized carbons (Fsp3) is 0.381. The molecule has 0 atom stereocenters. The standard InChI is InChI=1S/C21H20ClF3N4O2/c1-12-3-5-13(6-4-12)16-11-15(28-31-16)20(30)26-9-2-10-29-18(14-7-8-14)17(22)19(27-29)21(23,24)25/h3-6,11,14H,2,7-10H2,1H3,(H,26,30). The monoisotopic (exact) mass is 452 g/mol. The molecule has 4 rings (SSSR count). The Hall–Kier alpha value is -2.81. The molecule has 0 bridgehead atoms. The van der Waals surface area contributed by atoms with Crippen molar-refractivity contribution >= 4 is 17.5 Å². The van der Waals surface area contributed by atoms with Gasteiger partial charge in [-0.1, -0.05) is 46.6 Å². The van der Waals surface area contributed by atoms with E-state index in [1.165, 1.54) is 4.68 Å². The van der Waals surface area contributed by atoms with E-state index in [1.54, 1.807) is 6.07 Å². The minimum Gasteiger partial charge on any atom is -0.355 e. The number of rotatable bonds is 7. The lowest BCUT2D eigenvalue weighted by atomic mass is 10.1. The largest absolute Gasteiger partial charge is 0.436 e. The van der Waals surface area contributed by atoms with Gasteiger partial charge in [-0.25, -0.2) is 0 Å². The van der Waals surface area contributed by atoms with Crippen molar-refractivity contribution in [3.63, 3.8) is 0 Å². The third-order valence-electron chi connectivity index (χ3n) is 5.08. The van der Waals surface area contributed by atoms with E-state index in [0.717, 1.165) is 24.0 Å². The molecule has 0 radical (unpaired) electrons. The number of halogens is 4. The van der Waals surface area contributed by atoms with Gasteiger partial charge in [-0.3, -0.25) is 9.48 Å². The fourth-order valence-corrected chi connectivity index (χ4v) is 3.71. The maximum atomic E-state index is 13.1. The summed E-state index contributed by atoms with van der Waals surface area (Å²) in [4.78, 5) is 12.3. The molecule has 0 unspecified atom stereocenters. The van der Waals surface area contributed by atoms with Crippen molar-refractivity contribution in [3.8, 4) is 11.3 Å². The summed E-state index contributed by atoms with van der Waals surface area (Å²) in [5, 5.41) is 9.86. The lowest BCUT2D eigenvalue weighted by Gasteiger charge is -2.07. The van der Waals surface area contributed by atoms with E-state index >= 15 is 0 Å². The van der Waals surface area contributed by atoms with E-state index in [-0.39, 0.29) is 29.7 Å². The molecule has 164 valence electrons. The molecule has 2 aromatic heterocycles. The molecule has 1 aliphatic carbocycles. The molecule has 1 fully saturated rings. The van der Waals surface area contributed by atoms with Gasteiger partial charge in [0, 0.05) is 30.6 Å². The van der Waals surface area contributed by atoms with Gasteiger partial charge in [-0.2, -0.15) is 18.3 Å². The van der Waals surface area contributed by atoms with Crippen molar-refractivity contribution in [3.05, 3.63) is 58.0 Å². The van der Waals surface area contributed by atoms with Gasteiger partial charge in [-0.15, -0.1) is 0 Å². The molecule has 1 aromatic carbocycles. The highest BCUT2D eigenvalue weighted by Gasteiger charge is 2.41. The highest BCUT2D eigenvalue weighted by molar-refractivity contribution is 6.32. The van der Waals surface area contributed by atoms with Crippen molar-refractivity contribution in [1.29, 1.82) is 0 Å². The van der Waals surface area contributed by atoms with Gasteiger partial charge in [-0.05, 0) is 26.2 Å². The number of alkyl halides is 3. The zero-order valence-corrected chi connectivity index (χ0v) is 17.4. The lowest BCUT2D eigenvalue weighted by molar-refractivity contribution is -0.141. The molecule has 0 spiro atoms. The Labute approximate surface area is 181 Å². The zero-order chi connectivity index (χ0) is 22.2. The molecule has 2 heterocycles. The predicted octanol–water partition coefficient (Wildman–Crippen LogP) is 5.22. The van der Waals surface area contributed by atoms with Crippen LogP contribution in [0.3, 0.4) is 0 Å². The highest BCUT2D eigenvalue weighted by atomic mass is 35.5. The second-order valence-corrected chi connectivity index (χ2v) is 7.97. The molecular formula is C21H20ClF3N4O2. The predicted molar refractivity (Wildman–Crippen MR) is 108 cm³/mol. The van der Waals surface area contributed by atoms with Crippen LogP contribution in [0.15, 0.2) is 34.9 Å². The first-order valence-electron chi connectivity index (χ1n) is 9.89. The van der Waals surface area contributed by atoms with Crippen LogP contribution in [0.2, 0.25) is 5.02 Å². The van der Waals surface area contributed by atoms with E-state index in [0.29, 0.717) is 17.9 Å². The molecule has 31 heavy (non-hydrogen) atoms. The number of carbonyl (C=O) groups is 1. The summed E-state index contributed by atoms with van der Waals surface area (Å²) >= 11 is 5.96. The smallest absolute Gasteiger partial charge is 0.355 e. The first-order chi connectivity index (χ1) is 14.7. The third kappa shape index (κ3) is 4.76. The van der Waals surface area contributed by atoms with E-state index in [4.69, 9.17) is 16.1 Å². The maximum Gasteiger partial charge on any atom is 0.436 e. The van der Waals surface area contributed by atoms with Crippen LogP contribution in [0.4, 0.5) is 13.2 Å². The van der Waals surface area contributed by atoms with E-state index in [1.807, 2.05) is 31.2 Å². The summed E-state index contributed by atoms with van der Waals surface area (Å²) in [6, 6.07) is 9.16. The summed E-state index contributed by atoms with van der Waals surface area (Å²) in [7, 11) is 0. The van der Waals surface area contributed by atoms with Crippen molar-refractivity contribution in [2.45, 2.75) is 44.8 Å². The number of nitrogens with one attached hydrogen (secondary N) is 1. The maximum absolute atomic E-state index is 13.1. The summed E-state index contributed by atoms with van der Waals surface area (Å²) < 4.78 is 45.9. The second kappa shape index (κ2) is 8.37. The third-order valence-corrected chi connectivity index (χ3v) is 5.45. The molecule has 10 heteroatoms. The molecule has 1 amide bonds. The normalized spacial score (nSPS) is 14.1. The average molecular weight is 453 g/mol. The van der Waals surface area contributed by atoms with Gasteiger partial charge in [0.25, 0.3) is 5.91 Å². The summed E-state index contributed by atoms with van der Waals surface area (Å²) in [5.41, 5.74) is 1.43. The first kappa shape index (κ1) is 21.4. The van der Waals surface area contributed by atoms with Crippen LogP contribution in [0.25, 0.3) is 11.3 Å². The van der Waals surface area contributed by atoms with Gasteiger partial charge in [0.2, 0.25) is 0 Å². The first-order valence-corrected chi connectivity index (χ1v) is 10.3. The zero-order valence-electron chi connectivity index (χ0n) is 16.7. The van der Waals surface area contributed by atoms with Crippen LogP contribution in [0, 0.1) is 6.92 Å².